The van der Waals surface area contributed by atoms with Gasteiger partial charge < -0.3 is 4.57 Å². The number of hydrogen-bond donors (Lipinski definition) is 0. The fraction of sp³-hybridized carbons (Fsp3) is 0.833. The molecule has 2 aliphatic rings. The smallest absolute Gasteiger partial charge is 0.136 e. The van der Waals surface area contributed by atoms with Gasteiger partial charge in [-0.1, -0.05) is 19.3 Å². The summed E-state index contributed by atoms with van der Waals surface area (Å²) in [5.41, 5.74) is 0. The van der Waals surface area contributed by atoms with Gasteiger partial charge in [0, 0.05) is 18.9 Å². The molecule has 1 fully saturated rings. The average molecular weight is 205 g/mol. The van der Waals surface area contributed by atoms with E-state index in [1.165, 1.54) is 56.6 Å². The van der Waals surface area contributed by atoms with E-state index < -0.39 is 0 Å². The maximum atomic E-state index is 4.43. The monoisotopic (exact) mass is 205 g/mol. The second-order valence-corrected chi connectivity index (χ2v) is 4.92. The van der Waals surface area contributed by atoms with Gasteiger partial charge in [0.15, 0.2) is 0 Å². The number of aromatic nitrogens is 3. The maximum absolute atomic E-state index is 4.43. The number of nitrogens with zero attached hydrogens (tertiary/aromatic N) is 3. The fourth-order valence-electron chi connectivity index (χ4n) is 2.99. The second-order valence-electron chi connectivity index (χ2n) is 4.92. The highest BCUT2D eigenvalue weighted by molar-refractivity contribution is 5.05. The minimum Gasteiger partial charge on any atom is -0.315 e. The number of fused-ring (bicyclic) bond motifs is 1. The van der Waals surface area contributed by atoms with Crippen molar-refractivity contribution in [3.05, 3.63) is 11.6 Å². The maximum Gasteiger partial charge on any atom is 0.136 e. The molecule has 1 aliphatic carbocycles. The van der Waals surface area contributed by atoms with Gasteiger partial charge in [0.25, 0.3) is 0 Å². The summed E-state index contributed by atoms with van der Waals surface area (Å²) in [6, 6.07) is 0. The lowest BCUT2D eigenvalue weighted by atomic mass is 9.88. The summed E-state index contributed by atoms with van der Waals surface area (Å²) in [5.74, 6) is 3.24. The summed E-state index contributed by atoms with van der Waals surface area (Å²) in [6.45, 7) is 1.16. The third kappa shape index (κ3) is 1.68. The van der Waals surface area contributed by atoms with Crippen molar-refractivity contribution in [1.29, 1.82) is 0 Å². The van der Waals surface area contributed by atoms with Crippen LogP contribution in [-0.4, -0.2) is 14.8 Å². The molecule has 0 saturated heterocycles. The lowest BCUT2D eigenvalue weighted by Gasteiger charge is -2.23. The predicted molar refractivity (Wildman–Crippen MR) is 58.8 cm³/mol. The van der Waals surface area contributed by atoms with E-state index in [4.69, 9.17) is 0 Å². The van der Waals surface area contributed by atoms with Crippen LogP contribution in [0.4, 0.5) is 0 Å². The standard InChI is InChI=1S/C12H19N3/c1-2-6-10(7-3-1)12-14-13-11-8-4-5-9-15(11)12/h10H,1-9H2. The van der Waals surface area contributed by atoms with Crippen molar-refractivity contribution in [3.63, 3.8) is 0 Å². The number of hydrogen-bond acceptors (Lipinski definition) is 2. The SMILES string of the molecule is C1CCC(c2nnc3n2CCCC3)CC1. The molecule has 0 bridgehead atoms. The Labute approximate surface area is 90.9 Å². The fourth-order valence-corrected chi connectivity index (χ4v) is 2.99. The molecule has 3 rings (SSSR count). The highest BCUT2D eigenvalue weighted by atomic mass is 15.3. The second kappa shape index (κ2) is 3.95. The van der Waals surface area contributed by atoms with Crippen LogP contribution in [0.3, 0.4) is 0 Å². The topological polar surface area (TPSA) is 30.7 Å². The Hall–Kier alpha value is -0.860. The van der Waals surface area contributed by atoms with Gasteiger partial charge in [0.1, 0.15) is 11.6 Å². The molecule has 82 valence electrons. The molecule has 0 aromatic carbocycles. The first-order valence-electron chi connectivity index (χ1n) is 6.37. The van der Waals surface area contributed by atoms with Crippen LogP contribution < -0.4 is 0 Å². The molecular weight excluding hydrogens is 186 g/mol. The Kier molecular flexibility index (Phi) is 2.47. The van der Waals surface area contributed by atoms with Crippen molar-refractivity contribution in [2.45, 2.75) is 63.8 Å². The molecule has 15 heavy (non-hydrogen) atoms. The number of aryl methyl sites for hydroxylation is 1. The highest BCUT2D eigenvalue weighted by Gasteiger charge is 2.24. The Morgan fingerprint density at radius 1 is 0.933 bits per heavy atom. The Morgan fingerprint density at radius 3 is 2.67 bits per heavy atom. The molecule has 3 nitrogen and oxygen atoms in total. The lowest BCUT2D eigenvalue weighted by Crippen LogP contribution is -2.17. The van der Waals surface area contributed by atoms with Gasteiger partial charge in [0.05, 0.1) is 0 Å². The zero-order valence-electron chi connectivity index (χ0n) is 9.28. The van der Waals surface area contributed by atoms with Crippen molar-refractivity contribution in [2.24, 2.45) is 0 Å². The van der Waals surface area contributed by atoms with Crippen LogP contribution in [0.5, 0.6) is 0 Å². The van der Waals surface area contributed by atoms with Gasteiger partial charge in [0.2, 0.25) is 0 Å². The van der Waals surface area contributed by atoms with E-state index in [1.807, 2.05) is 0 Å². The summed E-state index contributed by atoms with van der Waals surface area (Å²) in [7, 11) is 0. The van der Waals surface area contributed by atoms with Gasteiger partial charge in [-0.25, -0.2) is 0 Å². The Morgan fingerprint density at radius 2 is 1.80 bits per heavy atom. The molecule has 0 atom stereocenters. The highest BCUT2D eigenvalue weighted by Crippen LogP contribution is 2.32. The molecule has 1 aromatic heterocycles. The van der Waals surface area contributed by atoms with E-state index in [9.17, 15) is 0 Å². The Balaban J connectivity index is 1.87. The van der Waals surface area contributed by atoms with Crippen LogP contribution in [0, 0.1) is 0 Å². The summed E-state index contributed by atoms with van der Waals surface area (Å²) in [6.07, 6.45) is 10.6. The first-order valence-corrected chi connectivity index (χ1v) is 6.37. The minimum absolute atomic E-state index is 0.707. The Bertz CT molecular complexity index is 337. The molecule has 0 amide bonds. The van der Waals surface area contributed by atoms with E-state index >= 15 is 0 Å². The van der Waals surface area contributed by atoms with Crippen LogP contribution in [-0.2, 0) is 13.0 Å². The lowest BCUT2D eigenvalue weighted by molar-refractivity contribution is 0.403. The molecule has 3 heteroatoms. The van der Waals surface area contributed by atoms with Crippen LogP contribution in [0.1, 0.15) is 62.5 Å². The molecular formula is C12H19N3. The summed E-state index contributed by atoms with van der Waals surface area (Å²) in [4.78, 5) is 0. The zero-order chi connectivity index (χ0) is 10.1. The van der Waals surface area contributed by atoms with Gasteiger partial charge >= 0.3 is 0 Å². The van der Waals surface area contributed by atoms with Crippen molar-refractivity contribution >= 4 is 0 Å². The summed E-state index contributed by atoms with van der Waals surface area (Å²) < 4.78 is 2.40. The van der Waals surface area contributed by atoms with Gasteiger partial charge in [-0.3, -0.25) is 0 Å². The summed E-state index contributed by atoms with van der Waals surface area (Å²) in [5, 5.41) is 8.78. The molecule has 0 unspecified atom stereocenters. The van der Waals surface area contributed by atoms with E-state index in [2.05, 4.69) is 14.8 Å². The van der Waals surface area contributed by atoms with Crippen molar-refractivity contribution in [3.8, 4) is 0 Å². The van der Waals surface area contributed by atoms with E-state index in [1.54, 1.807) is 0 Å². The molecule has 1 saturated carbocycles. The minimum atomic E-state index is 0.707. The molecule has 1 aliphatic heterocycles. The molecule has 0 spiro atoms. The quantitative estimate of drug-likeness (QED) is 0.705. The van der Waals surface area contributed by atoms with Crippen LogP contribution in [0.15, 0.2) is 0 Å². The normalized spacial score (nSPS) is 22.7. The van der Waals surface area contributed by atoms with Crippen molar-refractivity contribution < 1.29 is 0 Å². The third-order valence-electron chi connectivity index (χ3n) is 3.86. The first-order chi connectivity index (χ1) is 7.45. The zero-order valence-corrected chi connectivity index (χ0v) is 9.28. The first kappa shape index (κ1) is 9.37. The molecule has 0 N–H and O–H groups in total. The average Bonchev–Trinajstić information content (AvgIpc) is 2.74. The summed E-state index contributed by atoms with van der Waals surface area (Å²) >= 11 is 0. The molecule has 2 heterocycles. The van der Waals surface area contributed by atoms with Crippen LogP contribution in [0.25, 0.3) is 0 Å². The van der Waals surface area contributed by atoms with E-state index in [0.29, 0.717) is 5.92 Å². The van der Waals surface area contributed by atoms with Gasteiger partial charge in [-0.2, -0.15) is 0 Å². The number of rotatable bonds is 1. The molecule has 0 radical (unpaired) electrons. The predicted octanol–water partition coefficient (Wildman–Crippen LogP) is 2.66. The van der Waals surface area contributed by atoms with E-state index in [0.717, 1.165) is 13.0 Å². The van der Waals surface area contributed by atoms with Crippen molar-refractivity contribution in [1.82, 2.24) is 14.8 Å². The molecule has 1 aromatic rings. The third-order valence-corrected chi connectivity index (χ3v) is 3.86. The van der Waals surface area contributed by atoms with Gasteiger partial charge in [-0.05, 0) is 25.7 Å². The van der Waals surface area contributed by atoms with Crippen LogP contribution in [0.2, 0.25) is 0 Å². The largest absolute Gasteiger partial charge is 0.315 e. The van der Waals surface area contributed by atoms with Crippen molar-refractivity contribution in [2.75, 3.05) is 0 Å². The van der Waals surface area contributed by atoms with Crippen LogP contribution >= 0.6 is 0 Å². The van der Waals surface area contributed by atoms with Gasteiger partial charge in [-0.15, -0.1) is 10.2 Å². The van der Waals surface area contributed by atoms with E-state index in [-0.39, 0.29) is 0 Å².